The molecule has 100 valence electrons. The molecule has 0 fully saturated rings. The van der Waals surface area contributed by atoms with Crippen molar-refractivity contribution < 1.29 is 23.5 Å². The molecule has 0 unspecified atom stereocenters. The molecule has 0 amide bonds. The Morgan fingerprint density at radius 2 is 1.94 bits per heavy atom. The van der Waals surface area contributed by atoms with E-state index in [4.69, 9.17) is 14.9 Å². The molecule has 0 aromatic carbocycles. The van der Waals surface area contributed by atoms with Crippen LogP contribution in [0.15, 0.2) is 4.42 Å². The number of hydrogen-bond donors (Lipinski definition) is 1. The summed E-state index contributed by atoms with van der Waals surface area (Å²) < 4.78 is 14.6. The van der Waals surface area contributed by atoms with Gasteiger partial charge in [0, 0.05) is 0 Å². The molecule has 0 radical (unpaired) electrons. The first kappa shape index (κ1) is 14.2. The largest absolute Gasteiger partial charge is 0.464 e. The first-order valence-electron chi connectivity index (χ1n) is 5.30. The van der Waals surface area contributed by atoms with Crippen molar-refractivity contribution in [1.29, 1.82) is 0 Å². The highest BCUT2D eigenvalue weighted by atomic mass is 16.6. The number of esters is 2. The fraction of sp³-hybridized carbons (Fsp3) is 0.545. The number of methoxy groups -OCH3 is 1. The number of aromatic nitrogens is 1. The van der Waals surface area contributed by atoms with Crippen molar-refractivity contribution in [2.24, 2.45) is 5.73 Å². The zero-order valence-electron chi connectivity index (χ0n) is 10.8. The predicted molar refractivity (Wildman–Crippen MR) is 60.9 cm³/mol. The number of nitrogens with two attached hydrogens (primary N) is 1. The van der Waals surface area contributed by atoms with Gasteiger partial charge in [-0.25, -0.2) is 9.59 Å². The molecule has 0 bridgehead atoms. The summed E-state index contributed by atoms with van der Waals surface area (Å²) in [7, 11) is 1.20. The number of carbonyl (C=O) groups excluding carboxylic acids is 2. The second-order valence-corrected chi connectivity index (χ2v) is 4.49. The van der Waals surface area contributed by atoms with Crippen LogP contribution in [0.25, 0.3) is 0 Å². The second-order valence-electron chi connectivity index (χ2n) is 4.49. The minimum atomic E-state index is -0.757. The van der Waals surface area contributed by atoms with E-state index in [2.05, 4.69) is 9.72 Å². The third-order valence-corrected chi connectivity index (χ3v) is 1.83. The molecule has 0 aliphatic rings. The maximum absolute atomic E-state index is 11.7. The Bertz CT molecular complexity index is 458. The SMILES string of the molecule is COC(=O)c1nc(C(=O)OC(C)(C)C)oc1CN. The van der Waals surface area contributed by atoms with Crippen molar-refractivity contribution in [2.45, 2.75) is 32.9 Å². The van der Waals surface area contributed by atoms with E-state index in [0.717, 1.165) is 0 Å². The molecule has 0 spiro atoms. The van der Waals surface area contributed by atoms with Crippen molar-refractivity contribution >= 4 is 11.9 Å². The van der Waals surface area contributed by atoms with Gasteiger partial charge >= 0.3 is 17.8 Å². The summed E-state index contributed by atoms with van der Waals surface area (Å²) in [6, 6.07) is 0. The molecule has 2 N–H and O–H groups in total. The van der Waals surface area contributed by atoms with Crippen LogP contribution < -0.4 is 5.73 Å². The predicted octanol–water partition coefficient (Wildman–Crippen LogP) is 0.875. The van der Waals surface area contributed by atoms with Crippen LogP contribution in [0, 0.1) is 0 Å². The van der Waals surface area contributed by atoms with Gasteiger partial charge in [-0.1, -0.05) is 0 Å². The van der Waals surface area contributed by atoms with Crippen LogP contribution in [0.2, 0.25) is 0 Å². The molecule has 1 aromatic rings. The van der Waals surface area contributed by atoms with E-state index in [0.29, 0.717) is 0 Å². The summed E-state index contributed by atoms with van der Waals surface area (Å²) in [6.45, 7) is 5.05. The second kappa shape index (κ2) is 5.18. The topological polar surface area (TPSA) is 105 Å². The van der Waals surface area contributed by atoms with Crippen LogP contribution in [-0.4, -0.2) is 29.6 Å². The lowest BCUT2D eigenvalue weighted by atomic mass is 10.2. The Morgan fingerprint density at radius 3 is 2.39 bits per heavy atom. The van der Waals surface area contributed by atoms with E-state index in [1.807, 2.05) is 0 Å². The van der Waals surface area contributed by atoms with E-state index in [9.17, 15) is 9.59 Å². The first-order chi connectivity index (χ1) is 8.28. The Hall–Kier alpha value is -1.89. The fourth-order valence-corrected chi connectivity index (χ4v) is 1.16. The van der Waals surface area contributed by atoms with Gasteiger partial charge in [0.25, 0.3) is 0 Å². The molecule has 7 heteroatoms. The zero-order chi connectivity index (χ0) is 13.9. The maximum Gasteiger partial charge on any atom is 0.395 e. The maximum atomic E-state index is 11.7. The fourth-order valence-electron chi connectivity index (χ4n) is 1.16. The number of carbonyl (C=O) groups is 2. The average Bonchev–Trinajstić information content (AvgIpc) is 2.69. The minimum absolute atomic E-state index is 0.0692. The Labute approximate surface area is 104 Å². The van der Waals surface area contributed by atoms with Crippen LogP contribution >= 0.6 is 0 Å². The van der Waals surface area contributed by atoms with Crippen LogP contribution in [0.3, 0.4) is 0 Å². The molecule has 0 atom stereocenters. The normalized spacial score (nSPS) is 11.2. The van der Waals surface area contributed by atoms with Crippen LogP contribution in [0.1, 0.15) is 47.7 Å². The molecular formula is C11H16N2O5. The summed E-state index contributed by atoms with van der Waals surface area (Å²) in [4.78, 5) is 26.8. The van der Waals surface area contributed by atoms with Crippen LogP contribution in [0.5, 0.6) is 0 Å². The molecular weight excluding hydrogens is 240 g/mol. The van der Waals surface area contributed by atoms with Crippen molar-refractivity contribution in [3.63, 3.8) is 0 Å². The van der Waals surface area contributed by atoms with E-state index >= 15 is 0 Å². The monoisotopic (exact) mass is 256 g/mol. The summed E-state index contributed by atoms with van der Waals surface area (Å²) in [5.74, 6) is -1.70. The summed E-state index contributed by atoms with van der Waals surface area (Å²) in [5, 5.41) is 0. The molecule has 0 aliphatic carbocycles. The average molecular weight is 256 g/mol. The lowest BCUT2D eigenvalue weighted by Gasteiger charge is -2.17. The number of ether oxygens (including phenoxy) is 2. The third-order valence-electron chi connectivity index (χ3n) is 1.83. The summed E-state index contributed by atoms with van der Waals surface area (Å²) >= 11 is 0. The van der Waals surface area contributed by atoms with Gasteiger partial charge < -0.3 is 19.6 Å². The number of oxazole rings is 1. The molecule has 0 aliphatic heterocycles. The quantitative estimate of drug-likeness (QED) is 0.800. The number of hydrogen-bond acceptors (Lipinski definition) is 7. The third kappa shape index (κ3) is 3.30. The smallest absolute Gasteiger partial charge is 0.395 e. The first-order valence-corrected chi connectivity index (χ1v) is 5.30. The number of rotatable bonds is 3. The highest BCUT2D eigenvalue weighted by Gasteiger charge is 2.27. The molecule has 1 rings (SSSR count). The van der Waals surface area contributed by atoms with Crippen LogP contribution in [-0.2, 0) is 16.0 Å². The molecule has 1 aromatic heterocycles. The minimum Gasteiger partial charge on any atom is -0.464 e. The highest BCUT2D eigenvalue weighted by Crippen LogP contribution is 2.16. The van der Waals surface area contributed by atoms with Gasteiger partial charge in [-0.2, -0.15) is 4.98 Å². The highest BCUT2D eigenvalue weighted by molar-refractivity contribution is 5.91. The van der Waals surface area contributed by atoms with E-state index in [1.165, 1.54) is 7.11 Å². The van der Waals surface area contributed by atoms with Gasteiger partial charge in [0.05, 0.1) is 13.7 Å². The Kier molecular flexibility index (Phi) is 4.07. The molecule has 0 saturated heterocycles. The summed E-state index contributed by atoms with van der Waals surface area (Å²) in [5.41, 5.74) is 4.60. The van der Waals surface area contributed by atoms with Gasteiger partial charge in [0.2, 0.25) is 0 Å². The van der Waals surface area contributed by atoms with Crippen molar-refractivity contribution in [2.75, 3.05) is 7.11 Å². The lowest BCUT2D eigenvalue weighted by Crippen LogP contribution is -2.24. The molecule has 0 saturated carbocycles. The lowest BCUT2D eigenvalue weighted by molar-refractivity contribution is 0.00257. The number of nitrogens with zero attached hydrogens (tertiary/aromatic N) is 1. The molecule has 1 heterocycles. The van der Waals surface area contributed by atoms with Crippen molar-refractivity contribution in [3.05, 3.63) is 17.3 Å². The van der Waals surface area contributed by atoms with E-state index < -0.39 is 17.5 Å². The zero-order valence-corrected chi connectivity index (χ0v) is 10.8. The van der Waals surface area contributed by atoms with E-state index in [1.54, 1.807) is 20.8 Å². The molecule has 18 heavy (non-hydrogen) atoms. The van der Waals surface area contributed by atoms with Crippen LogP contribution in [0.4, 0.5) is 0 Å². The van der Waals surface area contributed by atoms with Gasteiger partial charge in [-0.15, -0.1) is 0 Å². The van der Waals surface area contributed by atoms with Gasteiger partial charge in [0.15, 0.2) is 11.5 Å². The van der Waals surface area contributed by atoms with Gasteiger partial charge in [-0.3, -0.25) is 0 Å². The van der Waals surface area contributed by atoms with Gasteiger partial charge in [-0.05, 0) is 20.8 Å². The standard InChI is InChI=1S/C11H16N2O5/c1-11(2,3)18-10(15)8-13-7(9(14)16-4)6(5-12)17-8/h5,12H2,1-4H3. The Morgan fingerprint density at radius 1 is 1.33 bits per heavy atom. The Balaban J connectivity index is 3.02. The molecule has 7 nitrogen and oxygen atoms in total. The summed E-state index contributed by atoms with van der Waals surface area (Å²) in [6.07, 6.45) is 0. The van der Waals surface area contributed by atoms with Crippen molar-refractivity contribution in [1.82, 2.24) is 4.98 Å². The van der Waals surface area contributed by atoms with Gasteiger partial charge in [0.1, 0.15) is 5.60 Å². The van der Waals surface area contributed by atoms with E-state index in [-0.39, 0.29) is 23.9 Å². The van der Waals surface area contributed by atoms with Crippen molar-refractivity contribution in [3.8, 4) is 0 Å².